The average Bonchev–Trinajstić information content (AvgIpc) is 2.57. The zero-order chi connectivity index (χ0) is 16.5. The zero-order valence-corrected chi connectivity index (χ0v) is 12.4. The number of hydrogen-bond acceptors (Lipinski definition) is 3. The van der Waals surface area contributed by atoms with E-state index in [9.17, 15) is 22.8 Å². The first-order valence-corrected chi connectivity index (χ1v) is 6.98. The van der Waals surface area contributed by atoms with Crippen LogP contribution in [-0.2, 0) is 18.0 Å². The van der Waals surface area contributed by atoms with Gasteiger partial charge in [0.25, 0.3) is 5.91 Å². The van der Waals surface area contributed by atoms with Crippen molar-refractivity contribution in [1.29, 1.82) is 0 Å². The number of aromatic nitrogens is 2. The molecule has 2 rings (SSSR count). The molecule has 0 bridgehead atoms. The lowest BCUT2D eigenvalue weighted by molar-refractivity contribution is -0.141. The number of carbonyl (C=O) groups is 2. The van der Waals surface area contributed by atoms with Gasteiger partial charge in [0.05, 0.1) is 0 Å². The van der Waals surface area contributed by atoms with Gasteiger partial charge in [-0.3, -0.25) is 14.3 Å². The third-order valence-electron chi connectivity index (χ3n) is 3.31. The van der Waals surface area contributed by atoms with Crippen molar-refractivity contribution >= 4 is 23.4 Å². The number of alkyl halides is 3. The third kappa shape index (κ3) is 3.34. The summed E-state index contributed by atoms with van der Waals surface area (Å²) in [6.45, 7) is 0.510. The summed E-state index contributed by atoms with van der Waals surface area (Å²) in [5.74, 6) is -1.22. The third-order valence-corrected chi connectivity index (χ3v) is 3.67. The molecule has 0 aliphatic carbocycles. The van der Waals surface area contributed by atoms with Crippen LogP contribution in [0.4, 0.5) is 13.2 Å². The normalized spacial score (nSPS) is 19.5. The molecule has 22 heavy (non-hydrogen) atoms. The molecule has 2 N–H and O–H groups in total. The highest BCUT2D eigenvalue weighted by Crippen LogP contribution is 2.35. The van der Waals surface area contributed by atoms with Crippen LogP contribution in [0.5, 0.6) is 0 Å². The first-order chi connectivity index (χ1) is 10.2. The van der Waals surface area contributed by atoms with Crippen LogP contribution in [0.25, 0.3) is 0 Å². The van der Waals surface area contributed by atoms with Crippen molar-refractivity contribution in [2.75, 3.05) is 6.54 Å². The molecule has 1 atom stereocenters. The molecule has 1 aromatic rings. The van der Waals surface area contributed by atoms with Crippen molar-refractivity contribution in [2.45, 2.75) is 31.5 Å². The van der Waals surface area contributed by atoms with E-state index in [2.05, 4.69) is 15.7 Å². The minimum Gasteiger partial charge on any atom is -0.354 e. The number of aryl methyl sites for hydroxylation is 1. The molecular weight excluding hydrogens is 325 g/mol. The molecule has 0 unspecified atom stereocenters. The van der Waals surface area contributed by atoms with E-state index >= 15 is 0 Å². The topological polar surface area (TPSA) is 76.0 Å². The maximum absolute atomic E-state index is 12.7. The van der Waals surface area contributed by atoms with Crippen molar-refractivity contribution in [3.05, 3.63) is 16.4 Å². The fourth-order valence-corrected chi connectivity index (χ4v) is 2.58. The summed E-state index contributed by atoms with van der Waals surface area (Å²) in [6, 6.07) is -0.796. The number of amides is 2. The lowest BCUT2D eigenvalue weighted by Gasteiger charge is -2.15. The minimum atomic E-state index is -4.76. The van der Waals surface area contributed by atoms with Crippen LogP contribution < -0.4 is 10.6 Å². The van der Waals surface area contributed by atoms with Gasteiger partial charge in [0.15, 0.2) is 5.69 Å². The van der Waals surface area contributed by atoms with Gasteiger partial charge in [0.1, 0.15) is 16.8 Å². The van der Waals surface area contributed by atoms with Crippen LogP contribution in [0.2, 0.25) is 5.02 Å². The van der Waals surface area contributed by atoms with E-state index in [1.54, 1.807) is 0 Å². The summed E-state index contributed by atoms with van der Waals surface area (Å²) in [4.78, 5) is 23.9. The van der Waals surface area contributed by atoms with E-state index in [-0.39, 0.29) is 5.91 Å². The quantitative estimate of drug-likeness (QED) is 0.858. The molecule has 0 radical (unpaired) electrons. The molecule has 1 saturated heterocycles. The molecule has 2 heterocycles. The number of nitrogens with zero attached hydrogens (tertiary/aromatic N) is 2. The Hall–Kier alpha value is -1.77. The highest BCUT2D eigenvalue weighted by molar-refractivity contribution is 6.34. The second-order valence-electron chi connectivity index (χ2n) is 4.95. The fourth-order valence-electron chi connectivity index (χ4n) is 2.23. The predicted molar refractivity (Wildman–Crippen MR) is 71.3 cm³/mol. The summed E-state index contributed by atoms with van der Waals surface area (Å²) >= 11 is 5.63. The summed E-state index contributed by atoms with van der Waals surface area (Å²) in [6.07, 6.45) is -2.84. The number of hydrogen-bond donors (Lipinski definition) is 2. The molecular formula is C12H14ClF3N4O2. The molecule has 0 aromatic carbocycles. The molecule has 0 spiro atoms. The maximum Gasteiger partial charge on any atom is 0.436 e. The van der Waals surface area contributed by atoms with Crippen LogP contribution in [0, 0.1) is 0 Å². The van der Waals surface area contributed by atoms with Crippen LogP contribution >= 0.6 is 11.6 Å². The predicted octanol–water partition coefficient (Wildman–Crippen LogP) is 1.49. The maximum atomic E-state index is 12.7. The minimum absolute atomic E-state index is 0.361. The standard InChI is InChI=1S/C12H14ClF3N4O2/c1-20-8(7(13)9(19-20)12(14,15)16)11(22)18-6-4-2-3-5-17-10(6)21/h6H,2-5H2,1H3,(H,17,21)(H,18,22)/t6-/m0/s1. The lowest BCUT2D eigenvalue weighted by Crippen LogP contribution is -2.45. The van der Waals surface area contributed by atoms with E-state index < -0.39 is 34.5 Å². The van der Waals surface area contributed by atoms with Crippen LogP contribution in [0.3, 0.4) is 0 Å². The molecule has 122 valence electrons. The van der Waals surface area contributed by atoms with Crippen molar-refractivity contribution < 1.29 is 22.8 Å². The molecule has 1 fully saturated rings. The number of rotatable bonds is 2. The van der Waals surface area contributed by atoms with Gasteiger partial charge in [0.2, 0.25) is 5.91 Å². The highest BCUT2D eigenvalue weighted by atomic mass is 35.5. The Morgan fingerprint density at radius 3 is 2.73 bits per heavy atom. The highest BCUT2D eigenvalue weighted by Gasteiger charge is 2.40. The van der Waals surface area contributed by atoms with Crippen molar-refractivity contribution in [2.24, 2.45) is 7.05 Å². The molecule has 0 saturated carbocycles. The van der Waals surface area contributed by atoms with Crippen molar-refractivity contribution in [3.8, 4) is 0 Å². The number of nitrogens with one attached hydrogen (secondary N) is 2. The largest absolute Gasteiger partial charge is 0.436 e. The Bertz CT molecular complexity index is 600. The van der Waals surface area contributed by atoms with Gasteiger partial charge in [-0.25, -0.2) is 0 Å². The molecule has 1 aromatic heterocycles. The Kier molecular flexibility index (Phi) is 4.64. The Morgan fingerprint density at radius 2 is 2.14 bits per heavy atom. The zero-order valence-electron chi connectivity index (χ0n) is 11.6. The summed E-state index contributed by atoms with van der Waals surface area (Å²) < 4.78 is 38.9. The molecule has 1 aliphatic rings. The van der Waals surface area contributed by atoms with Crippen molar-refractivity contribution in [3.63, 3.8) is 0 Å². The van der Waals surface area contributed by atoms with Crippen LogP contribution in [-0.4, -0.2) is 34.2 Å². The number of carbonyl (C=O) groups excluding carboxylic acids is 2. The van der Waals surface area contributed by atoms with Gasteiger partial charge < -0.3 is 10.6 Å². The summed E-state index contributed by atoms with van der Waals surface area (Å²) in [5.41, 5.74) is -1.75. The molecule has 1 aliphatic heterocycles. The van der Waals surface area contributed by atoms with Gasteiger partial charge in [-0.2, -0.15) is 18.3 Å². The average molecular weight is 339 g/mol. The Morgan fingerprint density at radius 1 is 1.45 bits per heavy atom. The van der Waals surface area contributed by atoms with Gasteiger partial charge in [-0.1, -0.05) is 11.6 Å². The van der Waals surface area contributed by atoms with E-state index in [4.69, 9.17) is 11.6 Å². The van der Waals surface area contributed by atoms with Gasteiger partial charge in [-0.05, 0) is 19.3 Å². The second-order valence-corrected chi connectivity index (χ2v) is 5.32. The lowest BCUT2D eigenvalue weighted by atomic mass is 10.1. The van der Waals surface area contributed by atoms with Crippen molar-refractivity contribution in [1.82, 2.24) is 20.4 Å². The van der Waals surface area contributed by atoms with Gasteiger partial charge in [0, 0.05) is 13.6 Å². The first kappa shape index (κ1) is 16.6. The monoisotopic (exact) mass is 338 g/mol. The molecule has 2 amide bonds. The summed E-state index contributed by atoms with van der Waals surface area (Å²) in [5, 5.41) is 7.48. The first-order valence-electron chi connectivity index (χ1n) is 6.60. The van der Waals surface area contributed by atoms with E-state index in [1.165, 1.54) is 7.05 Å². The molecule has 10 heteroatoms. The Balaban J connectivity index is 2.23. The summed E-state index contributed by atoms with van der Waals surface area (Å²) in [7, 11) is 1.18. The van der Waals surface area contributed by atoms with E-state index in [0.717, 1.165) is 17.5 Å². The van der Waals surface area contributed by atoms with Gasteiger partial charge >= 0.3 is 6.18 Å². The van der Waals surface area contributed by atoms with Gasteiger partial charge in [-0.15, -0.1) is 0 Å². The Labute approximate surface area is 129 Å². The number of halogens is 4. The van der Waals surface area contributed by atoms with E-state index in [0.29, 0.717) is 13.0 Å². The van der Waals surface area contributed by atoms with Crippen LogP contribution in [0.1, 0.15) is 35.4 Å². The SMILES string of the molecule is Cn1nc(C(F)(F)F)c(Cl)c1C(=O)N[C@H]1CCCCNC1=O. The fraction of sp³-hybridized carbons (Fsp3) is 0.583. The smallest absolute Gasteiger partial charge is 0.354 e. The second kappa shape index (κ2) is 6.15. The molecule has 6 nitrogen and oxygen atoms in total. The van der Waals surface area contributed by atoms with Crippen LogP contribution in [0.15, 0.2) is 0 Å². The van der Waals surface area contributed by atoms with E-state index in [1.807, 2.05) is 0 Å².